The normalized spacial score (nSPS) is 12.4. The molecule has 0 aliphatic carbocycles. The molecule has 1 atom stereocenters. The van der Waals surface area contributed by atoms with Crippen LogP contribution in [0.5, 0.6) is 0 Å². The first-order chi connectivity index (χ1) is 13.6. The largest absolute Gasteiger partial charge is 0.466 e. The summed E-state index contributed by atoms with van der Waals surface area (Å²) in [5, 5.41) is 11.9. The van der Waals surface area contributed by atoms with E-state index < -0.39 is 0 Å². The zero-order valence-electron chi connectivity index (χ0n) is 18.5. The van der Waals surface area contributed by atoms with Gasteiger partial charge in [-0.25, -0.2) is 0 Å². The average molecular weight is 394 g/mol. The molecule has 0 radical (unpaired) electrons. The van der Waals surface area contributed by atoms with Crippen LogP contribution in [0.3, 0.4) is 0 Å². The van der Waals surface area contributed by atoms with Gasteiger partial charge in [0, 0.05) is 19.3 Å². The summed E-state index contributed by atoms with van der Waals surface area (Å²) in [5.41, 5.74) is 1.32. The minimum absolute atomic E-state index is 0.104. The molecular weight excluding hydrogens is 350 g/mol. The highest BCUT2D eigenvalue weighted by molar-refractivity contribution is 5.84. The second-order valence-electron chi connectivity index (χ2n) is 8.09. The van der Waals surface area contributed by atoms with E-state index in [1.54, 1.807) is 7.05 Å². The topological polar surface area (TPSA) is 62.5 Å². The van der Waals surface area contributed by atoms with E-state index >= 15 is 0 Å². The van der Waals surface area contributed by atoms with Gasteiger partial charge in [0.1, 0.15) is 11.5 Å². The van der Waals surface area contributed by atoms with Gasteiger partial charge in [-0.15, -0.1) is 0 Å². The number of carbonyl (C=O) groups excluding carboxylic acids is 1. The van der Waals surface area contributed by atoms with Crippen molar-refractivity contribution in [2.75, 3.05) is 13.7 Å². The molecule has 0 aliphatic heterocycles. The van der Waals surface area contributed by atoms with Crippen molar-refractivity contribution in [1.29, 1.82) is 0 Å². The SMILES string of the molecule is CCCCCc1oc(CCCCCCCCCCC(=O)[C@H](CO)NC)cc1C. The number of unbranched alkanes of at least 4 members (excludes halogenated alkanes) is 9. The predicted octanol–water partition coefficient (Wildman–Crippen LogP) is 5.52. The van der Waals surface area contributed by atoms with E-state index in [0.717, 1.165) is 31.4 Å². The van der Waals surface area contributed by atoms with Crippen molar-refractivity contribution in [2.24, 2.45) is 0 Å². The first-order valence-corrected chi connectivity index (χ1v) is 11.5. The molecule has 4 heteroatoms. The third kappa shape index (κ3) is 10.4. The molecule has 0 fully saturated rings. The number of rotatable bonds is 18. The highest BCUT2D eigenvalue weighted by atomic mass is 16.3. The minimum atomic E-state index is -0.384. The van der Waals surface area contributed by atoms with Gasteiger partial charge in [0.05, 0.1) is 12.6 Å². The first kappa shape index (κ1) is 24.9. The maximum absolute atomic E-state index is 11.8. The number of aliphatic hydroxyl groups is 1. The molecule has 162 valence electrons. The van der Waals surface area contributed by atoms with Gasteiger partial charge in [-0.3, -0.25) is 4.79 Å². The number of nitrogens with one attached hydrogen (secondary N) is 1. The van der Waals surface area contributed by atoms with Gasteiger partial charge in [-0.2, -0.15) is 0 Å². The fourth-order valence-corrected chi connectivity index (χ4v) is 3.68. The average Bonchev–Trinajstić information content (AvgIpc) is 3.04. The Labute approximate surface area is 172 Å². The summed E-state index contributed by atoms with van der Waals surface area (Å²) in [4.78, 5) is 11.8. The Balaban J connectivity index is 1.99. The number of aryl methyl sites for hydroxylation is 3. The van der Waals surface area contributed by atoms with Gasteiger partial charge < -0.3 is 14.8 Å². The molecule has 1 heterocycles. The summed E-state index contributed by atoms with van der Waals surface area (Å²) in [6.45, 7) is 4.30. The van der Waals surface area contributed by atoms with Crippen molar-refractivity contribution >= 4 is 5.78 Å². The Bertz CT molecular complexity index is 520. The molecule has 0 unspecified atom stereocenters. The van der Waals surface area contributed by atoms with Crippen molar-refractivity contribution in [2.45, 2.75) is 110 Å². The number of hydrogen-bond donors (Lipinski definition) is 2. The number of furan rings is 1. The van der Waals surface area contributed by atoms with Crippen molar-refractivity contribution in [3.8, 4) is 0 Å². The number of likely N-dealkylation sites (N-methyl/N-ethyl adjacent to an activating group) is 1. The number of Topliss-reactive ketones (excluding diaryl/α,β-unsaturated/α-hetero) is 1. The Hall–Kier alpha value is -1.13. The fourth-order valence-electron chi connectivity index (χ4n) is 3.68. The standard InChI is InChI=1S/C24H43NO3/c1-4-5-12-17-24-20(2)18-21(28-24)15-13-10-8-6-7-9-11-14-16-23(27)22(19-26)25-3/h18,22,25-26H,4-17,19H2,1-3H3/t22-/m0/s1. The van der Waals surface area contributed by atoms with E-state index in [2.05, 4.69) is 25.2 Å². The van der Waals surface area contributed by atoms with Crippen LogP contribution in [0.1, 0.15) is 101 Å². The smallest absolute Gasteiger partial charge is 0.152 e. The van der Waals surface area contributed by atoms with Gasteiger partial charge in [0.25, 0.3) is 0 Å². The quantitative estimate of drug-likeness (QED) is 0.322. The maximum Gasteiger partial charge on any atom is 0.152 e. The van der Waals surface area contributed by atoms with E-state index in [1.165, 1.54) is 69.1 Å². The molecule has 4 nitrogen and oxygen atoms in total. The van der Waals surface area contributed by atoms with Crippen LogP contribution in [-0.2, 0) is 17.6 Å². The molecule has 2 N–H and O–H groups in total. The third-order valence-electron chi connectivity index (χ3n) is 5.60. The van der Waals surface area contributed by atoms with Crippen LogP contribution in [0.2, 0.25) is 0 Å². The molecule has 28 heavy (non-hydrogen) atoms. The molecule has 0 aromatic carbocycles. The van der Waals surface area contributed by atoms with Crippen LogP contribution >= 0.6 is 0 Å². The summed E-state index contributed by atoms with van der Waals surface area (Å²) in [7, 11) is 1.72. The molecule has 0 amide bonds. The minimum Gasteiger partial charge on any atom is -0.466 e. The molecule has 1 rings (SSSR count). The second kappa shape index (κ2) is 15.8. The van der Waals surface area contributed by atoms with Crippen LogP contribution in [0.4, 0.5) is 0 Å². The number of aliphatic hydroxyl groups excluding tert-OH is 1. The molecule has 0 spiro atoms. The van der Waals surface area contributed by atoms with E-state index in [1.807, 2.05) is 0 Å². The molecular formula is C24H43NO3. The van der Waals surface area contributed by atoms with E-state index in [9.17, 15) is 4.79 Å². The Morgan fingerprint density at radius 1 is 1.00 bits per heavy atom. The Morgan fingerprint density at radius 3 is 2.21 bits per heavy atom. The van der Waals surface area contributed by atoms with Gasteiger partial charge >= 0.3 is 0 Å². The van der Waals surface area contributed by atoms with E-state index in [-0.39, 0.29) is 18.4 Å². The van der Waals surface area contributed by atoms with E-state index in [4.69, 9.17) is 9.52 Å². The summed E-state index contributed by atoms with van der Waals surface area (Å²) < 4.78 is 6.04. The lowest BCUT2D eigenvalue weighted by Crippen LogP contribution is -2.37. The Kier molecular flexibility index (Phi) is 14.0. The third-order valence-corrected chi connectivity index (χ3v) is 5.60. The molecule has 0 saturated heterocycles. The second-order valence-corrected chi connectivity index (χ2v) is 8.09. The first-order valence-electron chi connectivity index (χ1n) is 11.5. The molecule has 1 aromatic rings. The molecule has 0 saturated carbocycles. The lowest BCUT2D eigenvalue weighted by atomic mass is 10.0. The monoisotopic (exact) mass is 393 g/mol. The molecule has 0 bridgehead atoms. The van der Waals surface area contributed by atoms with Gasteiger partial charge in [-0.1, -0.05) is 58.3 Å². The van der Waals surface area contributed by atoms with Gasteiger partial charge in [0.15, 0.2) is 5.78 Å². The molecule has 0 aliphatic rings. The zero-order chi connectivity index (χ0) is 20.6. The number of carbonyl (C=O) groups is 1. The number of ketones is 1. The van der Waals surface area contributed by atoms with Crippen molar-refractivity contribution in [1.82, 2.24) is 5.32 Å². The van der Waals surface area contributed by atoms with Crippen LogP contribution in [0.15, 0.2) is 10.5 Å². The fraction of sp³-hybridized carbons (Fsp3) is 0.792. The number of hydrogen-bond acceptors (Lipinski definition) is 4. The van der Waals surface area contributed by atoms with Crippen molar-refractivity contribution in [3.63, 3.8) is 0 Å². The van der Waals surface area contributed by atoms with Crippen LogP contribution in [-0.4, -0.2) is 30.6 Å². The lowest BCUT2D eigenvalue weighted by Gasteiger charge is -2.11. The van der Waals surface area contributed by atoms with Crippen molar-refractivity contribution in [3.05, 3.63) is 23.2 Å². The van der Waals surface area contributed by atoms with Crippen molar-refractivity contribution < 1.29 is 14.3 Å². The predicted molar refractivity (Wildman–Crippen MR) is 117 cm³/mol. The van der Waals surface area contributed by atoms with Crippen LogP contribution in [0.25, 0.3) is 0 Å². The van der Waals surface area contributed by atoms with Crippen LogP contribution < -0.4 is 5.32 Å². The maximum atomic E-state index is 11.8. The lowest BCUT2D eigenvalue weighted by molar-refractivity contribution is -0.121. The van der Waals surface area contributed by atoms with E-state index in [0.29, 0.717) is 6.42 Å². The molecule has 1 aromatic heterocycles. The van der Waals surface area contributed by atoms with Gasteiger partial charge in [0.2, 0.25) is 0 Å². The van der Waals surface area contributed by atoms with Gasteiger partial charge in [-0.05, 0) is 44.9 Å². The summed E-state index contributed by atoms with van der Waals surface area (Å²) in [6, 6.07) is 1.85. The zero-order valence-corrected chi connectivity index (χ0v) is 18.5. The Morgan fingerprint density at radius 2 is 1.61 bits per heavy atom. The summed E-state index contributed by atoms with van der Waals surface area (Å²) in [5.74, 6) is 2.49. The highest BCUT2D eigenvalue weighted by Crippen LogP contribution is 2.20. The summed E-state index contributed by atoms with van der Waals surface area (Å²) in [6.07, 6.45) is 16.1. The van der Waals surface area contributed by atoms with Crippen LogP contribution in [0, 0.1) is 6.92 Å². The summed E-state index contributed by atoms with van der Waals surface area (Å²) >= 11 is 0. The highest BCUT2D eigenvalue weighted by Gasteiger charge is 2.13.